The van der Waals surface area contributed by atoms with E-state index in [9.17, 15) is 14.4 Å². The molecule has 1 atom stereocenters. The second kappa shape index (κ2) is 6.37. The van der Waals surface area contributed by atoms with Gasteiger partial charge in [-0.25, -0.2) is 0 Å². The minimum Gasteiger partial charge on any atom is -0.368 e. The smallest absolute Gasteiger partial charge is 0.240 e. The summed E-state index contributed by atoms with van der Waals surface area (Å²) in [6, 6.07) is -0.657. The van der Waals surface area contributed by atoms with E-state index in [2.05, 4.69) is 5.32 Å². The van der Waals surface area contributed by atoms with Crippen LogP contribution >= 0.6 is 0 Å². The molecule has 1 aliphatic heterocycles. The van der Waals surface area contributed by atoms with E-state index < -0.39 is 11.9 Å². The van der Waals surface area contributed by atoms with Gasteiger partial charge in [-0.2, -0.15) is 0 Å². The van der Waals surface area contributed by atoms with Crippen LogP contribution in [0.3, 0.4) is 0 Å². The summed E-state index contributed by atoms with van der Waals surface area (Å²) in [5.74, 6) is -0.611. The van der Waals surface area contributed by atoms with Crippen LogP contribution in [0, 0.1) is 5.92 Å². The van der Waals surface area contributed by atoms with Crippen molar-refractivity contribution in [3.05, 3.63) is 0 Å². The summed E-state index contributed by atoms with van der Waals surface area (Å²) >= 11 is 0. The quantitative estimate of drug-likeness (QED) is 0.678. The maximum Gasteiger partial charge on any atom is 0.240 e. The number of rotatable bonds is 6. The van der Waals surface area contributed by atoms with Crippen LogP contribution in [-0.2, 0) is 14.4 Å². The Hall–Kier alpha value is -1.59. The Balaban J connectivity index is 2.45. The van der Waals surface area contributed by atoms with Gasteiger partial charge in [0.05, 0.1) is 6.54 Å². The molecule has 1 saturated heterocycles. The molecule has 0 aromatic rings. The molecule has 1 unspecified atom stereocenters. The zero-order chi connectivity index (χ0) is 13.7. The van der Waals surface area contributed by atoms with E-state index in [1.807, 2.05) is 13.8 Å². The number of carbonyl (C=O) groups is 3. The number of primary amides is 1. The van der Waals surface area contributed by atoms with Crippen molar-refractivity contribution in [1.29, 1.82) is 0 Å². The molecule has 1 rings (SSSR count). The van der Waals surface area contributed by atoms with Gasteiger partial charge in [0.25, 0.3) is 0 Å². The summed E-state index contributed by atoms with van der Waals surface area (Å²) in [5, 5.41) is 2.59. The lowest BCUT2D eigenvalue weighted by Crippen LogP contribution is -2.48. The van der Waals surface area contributed by atoms with Crippen molar-refractivity contribution in [3.8, 4) is 0 Å². The fraction of sp³-hybridized carbons (Fsp3) is 0.750. The lowest BCUT2D eigenvalue weighted by Gasteiger charge is -2.20. The van der Waals surface area contributed by atoms with Crippen LogP contribution in [0.25, 0.3) is 0 Å². The summed E-state index contributed by atoms with van der Waals surface area (Å²) in [7, 11) is 0. The van der Waals surface area contributed by atoms with E-state index in [4.69, 9.17) is 5.73 Å². The van der Waals surface area contributed by atoms with Gasteiger partial charge in [-0.05, 0) is 18.8 Å². The number of carbonyl (C=O) groups excluding carboxylic acids is 3. The molecule has 1 fully saturated rings. The summed E-state index contributed by atoms with van der Waals surface area (Å²) < 4.78 is 0. The Bertz CT molecular complexity index is 341. The first-order chi connectivity index (χ1) is 8.40. The highest BCUT2D eigenvalue weighted by atomic mass is 16.2. The highest BCUT2D eigenvalue weighted by molar-refractivity contribution is 5.89. The van der Waals surface area contributed by atoms with Gasteiger partial charge in [0.2, 0.25) is 17.7 Å². The topological polar surface area (TPSA) is 92.5 Å². The number of likely N-dealkylation sites (tertiary alicyclic amines) is 1. The first-order valence-electron chi connectivity index (χ1n) is 6.26. The lowest BCUT2D eigenvalue weighted by atomic mass is 10.0. The molecule has 0 bridgehead atoms. The normalized spacial score (nSPS) is 17.1. The number of hydrogen-bond acceptors (Lipinski definition) is 3. The van der Waals surface area contributed by atoms with Crippen LogP contribution in [0.5, 0.6) is 0 Å². The third-order valence-electron chi connectivity index (χ3n) is 2.89. The molecule has 6 heteroatoms. The zero-order valence-corrected chi connectivity index (χ0v) is 10.9. The number of nitrogens with one attached hydrogen (secondary N) is 1. The monoisotopic (exact) mass is 255 g/mol. The van der Waals surface area contributed by atoms with Gasteiger partial charge in [-0.1, -0.05) is 13.8 Å². The Morgan fingerprint density at radius 1 is 1.44 bits per heavy atom. The zero-order valence-electron chi connectivity index (χ0n) is 10.9. The highest BCUT2D eigenvalue weighted by Gasteiger charge is 2.25. The van der Waals surface area contributed by atoms with E-state index in [0.29, 0.717) is 19.4 Å². The van der Waals surface area contributed by atoms with E-state index in [0.717, 1.165) is 6.42 Å². The van der Waals surface area contributed by atoms with Crippen molar-refractivity contribution in [2.75, 3.05) is 13.1 Å². The summed E-state index contributed by atoms with van der Waals surface area (Å²) in [5.41, 5.74) is 5.23. The molecule has 1 aliphatic rings. The number of hydrogen-bond donors (Lipinski definition) is 2. The van der Waals surface area contributed by atoms with Gasteiger partial charge in [0.1, 0.15) is 6.04 Å². The third kappa shape index (κ3) is 4.35. The van der Waals surface area contributed by atoms with E-state index in [-0.39, 0.29) is 24.3 Å². The summed E-state index contributed by atoms with van der Waals surface area (Å²) in [6.07, 6.45) is 1.80. The molecule has 1 heterocycles. The van der Waals surface area contributed by atoms with E-state index in [1.165, 1.54) is 4.90 Å². The molecule has 18 heavy (non-hydrogen) atoms. The Morgan fingerprint density at radius 3 is 2.56 bits per heavy atom. The fourth-order valence-corrected chi connectivity index (χ4v) is 2.00. The number of nitrogens with two attached hydrogens (primary N) is 1. The first kappa shape index (κ1) is 14.5. The van der Waals surface area contributed by atoms with Crippen molar-refractivity contribution in [1.82, 2.24) is 10.2 Å². The SMILES string of the molecule is CC(C)CC(NC(=O)CN1CCCC1=O)C(N)=O. The van der Waals surface area contributed by atoms with Crippen LogP contribution in [0.4, 0.5) is 0 Å². The van der Waals surface area contributed by atoms with Crippen LogP contribution in [0.15, 0.2) is 0 Å². The lowest BCUT2D eigenvalue weighted by molar-refractivity contribution is -0.134. The molecule has 0 radical (unpaired) electrons. The maximum absolute atomic E-state index is 11.7. The maximum atomic E-state index is 11.7. The largest absolute Gasteiger partial charge is 0.368 e. The second-order valence-corrected chi connectivity index (χ2v) is 5.07. The average Bonchev–Trinajstić information content (AvgIpc) is 2.62. The van der Waals surface area contributed by atoms with Crippen molar-refractivity contribution in [3.63, 3.8) is 0 Å². The van der Waals surface area contributed by atoms with E-state index in [1.54, 1.807) is 0 Å². The van der Waals surface area contributed by atoms with Gasteiger partial charge in [-0.15, -0.1) is 0 Å². The molecular formula is C12H21N3O3. The first-order valence-corrected chi connectivity index (χ1v) is 6.26. The van der Waals surface area contributed by atoms with Gasteiger partial charge in [0, 0.05) is 13.0 Å². The van der Waals surface area contributed by atoms with Crippen LogP contribution in [-0.4, -0.2) is 41.8 Å². The van der Waals surface area contributed by atoms with Crippen molar-refractivity contribution < 1.29 is 14.4 Å². The number of nitrogens with zero attached hydrogens (tertiary/aromatic N) is 1. The Kier molecular flexibility index (Phi) is 5.12. The molecule has 102 valence electrons. The standard InChI is InChI=1S/C12H21N3O3/c1-8(2)6-9(12(13)18)14-10(16)7-15-5-3-4-11(15)17/h8-9H,3-7H2,1-2H3,(H2,13,18)(H,14,16). The van der Waals surface area contributed by atoms with Crippen molar-refractivity contribution >= 4 is 17.7 Å². The summed E-state index contributed by atoms with van der Waals surface area (Å²) in [6.45, 7) is 4.52. The molecule has 0 aromatic heterocycles. The van der Waals surface area contributed by atoms with Crippen LogP contribution in [0.1, 0.15) is 33.1 Å². The second-order valence-electron chi connectivity index (χ2n) is 5.07. The predicted molar refractivity (Wildman–Crippen MR) is 66.4 cm³/mol. The molecule has 0 aliphatic carbocycles. The minimum absolute atomic E-state index is 0.00960. The Morgan fingerprint density at radius 2 is 2.11 bits per heavy atom. The third-order valence-corrected chi connectivity index (χ3v) is 2.89. The van der Waals surface area contributed by atoms with E-state index >= 15 is 0 Å². The molecule has 0 spiro atoms. The van der Waals surface area contributed by atoms with Gasteiger partial charge < -0.3 is 16.0 Å². The highest BCUT2D eigenvalue weighted by Crippen LogP contribution is 2.09. The molecule has 0 saturated carbocycles. The Labute approximate surface area is 107 Å². The molecule has 3 amide bonds. The molecule has 6 nitrogen and oxygen atoms in total. The van der Waals surface area contributed by atoms with Crippen molar-refractivity contribution in [2.45, 2.75) is 39.2 Å². The fourth-order valence-electron chi connectivity index (χ4n) is 2.00. The average molecular weight is 255 g/mol. The van der Waals surface area contributed by atoms with Gasteiger partial charge in [-0.3, -0.25) is 14.4 Å². The molecular weight excluding hydrogens is 234 g/mol. The predicted octanol–water partition coefficient (Wildman–Crippen LogP) is -0.375. The van der Waals surface area contributed by atoms with Gasteiger partial charge in [0.15, 0.2) is 0 Å². The van der Waals surface area contributed by atoms with Crippen LogP contribution < -0.4 is 11.1 Å². The van der Waals surface area contributed by atoms with Gasteiger partial charge >= 0.3 is 0 Å². The molecule has 3 N–H and O–H groups in total. The minimum atomic E-state index is -0.657. The summed E-state index contributed by atoms with van der Waals surface area (Å²) in [4.78, 5) is 35.8. The molecule has 0 aromatic carbocycles. The van der Waals surface area contributed by atoms with Crippen LogP contribution in [0.2, 0.25) is 0 Å². The van der Waals surface area contributed by atoms with Crippen molar-refractivity contribution in [2.24, 2.45) is 11.7 Å². The number of amides is 3.